The molecule has 0 aliphatic heterocycles. The fourth-order valence-corrected chi connectivity index (χ4v) is 3.65. The van der Waals surface area contributed by atoms with Gasteiger partial charge in [-0.05, 0) is 37.1 Å². The Morgan fingerprint density at radius 2 is 1.70 bits per heavy atom. The molecule has 0 saturated carbocycles. The Kier molecular flexibility index (Phi) is 6.16. The van der Waals surface area contributed by atoms with Crippen molar-refractivity contribution in [3.8, 4) is 16.3 Å². The Bertz CT molecular complexity index is 857. The van der Waals surface area contributed by atoms with Crippen molar-refractivity contribution in [1.29, 1.82) is 0 Å². The van der Waals surface area contributed by atoms with Crippen molar-refractivity contribution in [3.05, 3.63) is 70.7 Å². The predicted octanol–water partition coefficient (Wildman–Crippen LogP) is 6.75. The highest BCUT2D eigenvalue weighted by Gasteiger charge is 2.30. The Balaban J connectivity index is 1.82. The minimum Gasteiger partial charge on any atom is -0.488 e. The predicted molar refractivity (Wildman–Crippen MR) is 102 cm³/mol. The molecular weight excluding hydrogens is 371 g/mol. The first-order valence-corrected chi connectivity index (χ1v) is 9.63. The molecule has 6 heteroatoms. The number of nitrogens with zero attached hydrogens (tertiary/aromatic N) is 1. The molecule has 0 N–H and O–H groups in total. The quantitative estimate of drug-likeness (QED) is 0.444. The minimum absolute atomic E-state index is 0.404. The molecule has 0 amide bonds. The highest BCUT2D eigenvalue weighted by Crippen LogP contribution is 2.33. The monoisotopic (exact) mass is 391 g/mol. The third-order valence-corrected chi connectivity index (χ3v) is 5.24. The van der Waals surface area contributed by atoms with Crippen LogP contribution in [0.1, 0.15) is 35.9 Å². The molecule has 0 fully saturated rings. The average Bonchev–Trinajstić information content (AvgIpc) is 3.08. The van der Waals surface area contributed by atoms with Gasteiger partial charge in [-0.25, -0.2) is 4.98 Å². The van der Waals surface area contributed by atoms with Gasteiger partial charge in [0.15, 0.2) is 0 Å². The Morgan fingerprint density at radius 1 is 1.00 bits per heavy atom. The van der Waals surface area contributed by atoms with E-state index in [0.717, 1.165) is 52.7 Å². The summed E-state index contributed by atoms with van der Waals surface area (Å²) in [4.78, 5) is 5.70. The first-order chi connectivity index (χ1) is 13.0. The Hall–Kier alpha value is -2.34. The summed E-state index contributed by atoms with van der Waals surface area (Å²) in [5, 5.41) is 0.724. The van der Waals surface area contributed by atoms with Gasteiger partial charge in [0.1, 0.15) is 17.4 Å². The third kappa shape index (κ3) is 5.10. The molecule has 0 bridgehead atoms. The van der Waals surface area contributed by atoms with Crippen LogP contribution < -0.4 is 4.74 Å². The normalized spacial score (nSPS) is 11.6. The van der Waals surface area contributed by atoms with Crippen LogP contribution in [0.15, 0.2) is 54.6 Å². The van der Waals surface area contributed by atoms with Crippen LogP contribution in [0.3, 0.4) is 0 Å². The number of aromatic nitrogens is 1. The first kappa shape index (κ1) is 19.4. The molecule has 0 radical (unpaired) electrons. The van der Waals surface area contributed by atoms with Gasteiger partial charge in [-0.1, -0.05) is 43.7 Å². The molecule has 3 rings (SSSR count). The second kappa shape index (κ2) is 8.57. The van der Waals surface area contributed by atoms with Gasteiger partial charge < -0.3 is 4.74 Å². The number of alkyl halides is 3. The zero-order valence-corrected chi connectivity index (χ0v) is 15.7. The van der Waals surface area contributed by atoms with E-state index in [9.17, 15) is 13.2 Å². The van der Waals surface area contributed by atoms with Gasteiger partial charge in [0.25, 0.3) is 0 Å². The molecule has 2 nitrogen and oxygen atoms in total. The van der Waals surface area contributed by atoms with E-state index in [1.54, 1.807) is 0 Å². The summed E-state index contributed by atoms with van der Waals surface area (Å²) < 4.78 is 44.1. The van der Waals surface area contributed by atoms with Gasteiger partial charge in [-0.2, -0.15) is 13.2 Å². The van der Waals surface area contributed by atoms with Crippen LogP contribution in [0.5, 0.6) is 5.75 Å². The fraction of sp³-hybridized carbons (Fsp3) is 0.286. The number of benzene rings is 2. The third-order valence-electron chi connectivity index (χ3n) is 4.12. The molecule has 0 aliphatic carbocycles. The molecule has 1 heterocycles. The van der Waals surface area contributed by atoms with E-state index in [1.807, 2.05) is 30.3 Å². The lowest BCUT2D eigenvalue weighted by atomic mass is 10.1. The Labute approximate surface area is 160 Å². The molecule has 0 spiro atoms. The maximum Gasteiger partial charge on any atom is 0.416 e. The van der Waals surface area contributed by atoms with Crippen molar-refractivity contribution in [3.63, 3.8) is 0 Å². The molecular formula is C21H20F3NOS. The Morgan fingerprint density at radius 3 is 2.33 bits per heavy atom. The van der Waals surface area contributed by atoms with Crippen LogP contribution in [-0.2, 0) is 19.2 Å². The van der Waals surface area contributed by atoms with Gasteiger partial charge in [0.05, 0.1) is 16.1 Å². The second-order valence-electron chi connectivity index (χ2n) is 6.17. The molecule has 0 saturated heterocycles. The van der Waals surface area contributed by atoms with E-state index in [-0.39, 0.29) is 0 Å². The maximum atomic E-state index is 12.8. The van der Waals surface area contributed by atoms with Crippen molar-refractivity contribution in [2.75, 3.05) is 0 Å². The van der Waals surface area contributed by atoms with Crippen molar-refractivity contribution < 1.29 is 17.9 Å². The number of ether oxygens (including phenoxy) is 1. The number of unbranched alkanes of at least 4 members (excludes halogenated alkanes) is 1. The van der Waals surface area contributed by atoms with Crippen molar-refractivity contribution >= 4 is 11.3 Å². The molecule has 27 heavy (non-hydrogen) atoms. The molecule has 142 valence electrons. The summed E-state index contributed by atoms with van der Waals surface area (Å²) in [5.74, 6) is 0.781. The van der Waals surface area contributed by atoms with Gasteiger partial charge in [-0.15, -0.1) is 11.3 Å². The highest BCUT2D eigenvalue weighted by molar-refractivity contribution is 7.15. The molecule has 2 aromatic carbocycles. The van der Waals surface area contributed by atoms with Gasteiger partial charge in [0.2, 0.25) is 0 Å². The molecule has 0 unspecified atom stereocenters. The largest absolute Gasteiger partial charge is 0.488 e. The summed E-state index contributed by atoms with van der Waals surface area (Å²) in [5.41, 5.74) is 1.01. The number of hydrogen-bond acceptors (Lipinski definition) is 3. The van der Waals surface area contributed by atoms with Crippen LogP contribution in [0.2, 0.25) is 0 Å². The van der Waals surface area contributed by atoms with Crippen LogP contribution in [0.25, 0.3) is 10.6 Å². The summed E-state index contributed by atoms with van der Waals surface area (Å²) in [6.45, 7) is 2.52. The number of rotatable bonds is 7. The lowest BCUT2D eigenvalue weighted by molar-refractivity contribution is -0.137. The first-order valence-electron chi connectivity index (χ1n) is 8.81. The van der Waals surface area contributed by atoms with Crippen molar-refractivity contribution in [1.82, 2.24) is 4.98 Å². The number of aryl methyl sites for hydroxylation is 1. The average molecular weight is 391 g/mol. The SMILES string of the molecule is CCCCc1nc(-c2ccc(C(F)(F)F)cc2)sc1COc1ccccc1. The summed E-state index contributed by atoms with van der Waals surface area (Å²) in [7, 11) is 0. The number of hydrogen-bond donors (Lipinski definition) is 0. The maximum absolute atomic E-state index is 12.8. The highest BCUT2D eigenvalue weighted by atomic mass is 32.1. The number of para-hydroxylation sites is 1. The lowest BCUT2D eigenvalue weighted by Crippen LogP contribution is -2.03. The molecule has 0 aliphatic rings. The van der Waals surface area contributed by atoms with Crippen LogP contribution in [0, 0.1) is 0 Å². The van der Waals surface area contributed by atoms with Gasteiger partial charge in [-0.3, -0.25) is 0 Å². The lowest BCUT2D eigenvalue weighted by Gasteiger charge is -2.06. The van der Waals surface area contributed by atoms with Crippen molar-refractivity contribution in [2.24, 2.45) is 0 Å². The topological polar surface area (TPSA) is 22.1 Å². The molecule has 3 aromatic rings. The zero-order chi connectivity index (χ0) is 19.3. The summed E-state index contributed by atoms with van der Waals surface area (Å²) in [6.07, 6.45) is -1.44. The van der Waals surface area contributed by atoms with Crippen molar-refractivity contribution in [2.45, 2.75) is 39.0 Å². The molecule has 0 atom stereocenters. The number of halogens is 3. The number of thiazole rings is 1. The summed E-state index contributed by atoms with van der Waals surface area (Å²) >= 11 is 1.48. The zero-order valence-electron chi connectivity index (χ0n) is 14.9. The summed E-state index contributed by atoms with van der Waals surface area (Å²) in [6, 6.07) is 14.7. The van der Waals surface area contributed by atoms with Crippen LogP contribution in [0.4, 0.5) is 13.2 Å². The molecule has 1 aromatic heterocycles. The minimum atomic E-state index is -4.33. The van der Waals surface area contributed by atoms with E-state index in [2.05, 4.69) is 11.9 Å². The van der Waals surface area contributed by atoms with Crippen LogP contribution in [-0.4, -0.2) is 4.98 Å². The van der Waals surface area contributed by atoms with E-state index < -0.39 is 11.7 Å². The smallest absolute Gasteiger partial charge is 0.416 e. The fourth-order valence-electron chi connectivity index (χ4n) is 2.63. The van der Waals surface area contributed by atoms with E-state index in [1.165, 1.54) is 23.5 Å². The van der Waals surface area contributed by atoms with E-state index in [0.29, 0.717) is 12.2 Å². The van der Waals surface area contributed by atoms with Gasteiger partial charge in [0, 0.05) is 5.56 Å². The van der Waals surface area contributed by atoms with E-state index in [4.69, 9.17) is 4.74 Å². The second-order valence-corrected chi connectivity index (χ2v) is 7.25. The van der Waals surface area contributed by atoms with Gasteiger partial charge >= 0.3 is 6.18 Å². The standard InChI is InChI=1S/C21H20F3NOS/c1-2-3-9-18-19(14-26-17-7-5-4-6-8-17)27-20(25-18)15-10-12-16(13-11-15)21(22,23)24/h4-8,10-13H,2-3,9,14H2,1H3. The van der Waals surface area contributed by atoms with E-state index >= 15 is 0 Å². The van der Waals surface area contributed by atoms with Crippen LogP contribution >= 0.6 is 11.3 Å².